The van der Waals surface area contributed by atoms with Crippen LogP contribution in [0, 0.1) is 5.82 Å². The normalized spacial score (nSPS) is 10.4. The van der Waals surface area contributed by atoms with E-state index in [0.29, 0.717) is 0 Å². The molecule has 0 aliphatic carbocycles. The van der Waals surface area contributed by atoms with Crippen molar-refractivity contribution in [1.29, 1.82) is 0 Å². The number of rotatable bonds is 2. The smallest absolute Gasteiger partial charge is 0.343 e. The van der Waals surface area contributed by atoms with Crippen LogP contribution in [0.15, 0.2) is 23.1 Å². The third kappa shape index (κ3) is 1.71. The Labute approximate surface area is 101 Å². The highest BCUT2D eigenvalue weighted by molar-refractivity contribution is 5.95. The van der Waals surface area contributed by atoms with Crippen molar-refractivity contribution in [3.63, 3.8) is 0 Å². The minimum absolute atomic E-state index is 0.00740. The minimum atomic E-state index is -0.788. The number of H-pyrrole nitrogens is 1. The van der Waals surface area contributed by atoms with Crippen molar-refractivity contribution in [2.45, 2.75) is 0 Å². The molecule has 0 saturated carbocycles. The second-order valence-electron chi connectivity index (χ2n) is 3.52. The molecule has 0 spiro atoms. The number of fused-ring (bicyclic) bond motifs is 1. The molecular formula is C12H10FNO4. The van der Waals surface area contributed by atoms with Crippen LogP contribution in [0.5, 0.6) is 5.75 Å². The lowest BCUT2D eigenvalue weighted by Crippen LogP contribution is -2.18. The van der Waals surface area contributed by atoms with Gasteiger partial charge in [0.1, 0.15) is 17.1 Å². The van der Waals surface area contributed by atoms with Crippen LogP contribution in [0.2, 0.25) is 0 Å². The lowest BCUT2D eigenvalue weighted by atomic mass is 10.1. The highest BCUT2D eigenvalue weighted by atomic mass is 19.1. The number of halogens is 1. The van der Waals surface area contributed by atoms with Crippen LogP contribution in [0.3, 0.4) is 0 Å². The number of carbonyl (C=O) groups is 1. The van der Waals surface area contributed by atoms with Gasteiger partial charge in [-0.15, -0.1) is 0 Å². The van der Waals surface area contributed by atoms with Gasteiger partial charge >= 0.3 is 5.97 Å². The van der Waals surface area contributed by atoms with Crippen molar-refractivity contribution in [2.24, 2.45) is 0 Å². The number of hydrogen-bond donors (Lipinski definition) is 1. The van der Waals surface area contributed by atoms with E-state index in [-0.39, 0.29) is 22.2 Å². The van der Waals surface area contributed by atoms with Gasteiger partial charge in [0, 0.05) is 6.20 Å². The molecule has 2 rings (SSSR count). The SMILES string of the molecule is COC(=O)c1c[nH]c2c(F)ccc(OC)c2c1=O. The maximum absolute atomic E-state index is 13.6. The van der Waals surface area contributed by atoms with Gasteiger partial charge in [0.15, 0.2) is 0 Å². The number of ether oxygens (including phenoxy) is 2. The summed E-state index contributed by atoms with van der Waals surface area (Å²) in [6.07, 6.45) is 1.12. The van der Waals surface area contributed by atoms with Gasteiger partial charge in [-0.1, -0.05) is 0 Å². The molecule has 0 aliphatic rings. The fourth-order valence-corrected chi connectivity index (χ4v) is 1.70. The lowest BCUT2D eigenvalue weighted by Gasteiger charge is -2.07. The highest BCUT2D eigenvalue weighted by Gasteiger charge is 2.17. The molecule has 0 aliphatic heterocycles. The number of esters is 1. The summed E-state index contributed by atoms with van der Waals surface area (Å²) in [4.78, 5) is 26.0. The fraction of sp³-hybridized carbons (Fsp3) is 0.167. The molecule has 5 nitrogen and oxygen atoms in total. The van der Waals surface area contributed by atoms with Crippen molar-refractivity contribution < 1.29 is 18.7 Å². The number of methoxy groups -OCH3 is 2. The zero-order chi connectivity index (χ0) is 13.3. The largest absolute Gasteiger partial charge is 0.496 e. The van der Waals surface area contributed by atoms with Gasteiger partial charge in [-0.05, 0) is 12.1 Å². The number of hydrogen-bond acceptors (Lipinski definition) is 4. The maximum Gasteiger partial charge on any atom is 0.343 e. The molecule has 0 unspecified atom stereocenters. The van der Waals surface area contributed by atoms with Crippen molar-refractivity contribution in [2.75, 3.05) is 14.2 Å². The molecular weight excluding hydrogens is 241 g/mol. The lowest BCUT2D eigenvalue weighted by molar-refractivity contribution is 0.0599. The number of aromatic amines is 1. The van der Waals surface area contributed by atoms with Gasteiger partial charge < -0.3 is 14.5 Å². The first-order valence-electron chi connectivity index (χ1n) is 5.06. The molecule has 6 heteroatoms. The number of pyridine rings is 1. The summed E-state index contributed by atoms with van der Waals surface area (Å²) in [5.41, 5.74) is -0.840. The van der Waals surface area contributed by atoms with E-state index in [1.54, 1.807) is 0 Å². The third-order valence-corrected chi connectivity index (χ3v) is 2.57. The van der Waals surface area contributed by atoms with Crippen molar-refractivity contribution in [1.82, 2.24) is 4.98 Å². The van der Waals surface area contributed by atoms with E-state index in [4.69, 9.17) is 4.74 Å². The van der Waals surface area contributed by atoms with E-state index < -0.39 is 17.2 Å². The van der Waals surface area contributed by atoms with E-state index >= 15 is 0 Å². The maximum atomic E-state index is 13.6. The number of benzene rings is 1. The predicted molar refractivity (Wildman–Crippen MR) is 62.4 cm³/mol. The quantitative estimate of drug-likeness (QED) is 0.820. The molecule has 1 aromatic heterocycles. The van der Waals surface area contributed by atoms with Gasteiger partial charge in [-0.3, -0.25) is 4.79 Å². The van der Waals surface area contributed by atoms with E-state index in [0.717, 1.165) is 13.3 Å². The van der Waals surface area contributed by atoms with E-state index in [2.05, 4.69) is 9.72 Å². The third-order valence-electron chi connectivity index (χ3n) is 2.57. The van der Waals surface area contributed by atoms with Crippen molar-refractivity contribution in [3.05, 3.63) is 39.9 Å². The van der Waals surface area contributed by atoms with Crippen LogP contribution in [0.1, 0.15) is 10.4 Å². The number of carbonyl (C=O) groups excluding carboxylic acids is 1. The number of nitrogens with one attached hydrogen (secondary N) is 1. The van der Waals surface area contributed by atoms with Gasteiger partial charge in [0.05, 0.1) is 25.1 Å². The Hall–Kier alpha value is -2.37. The van der Waals surface area contributed by atoms with Crippen molar-refractivity contribution >= 4 is 16.9 Å². The van der Waals surface area contributed by atoms with E-state index in [1.807, 2.05) is 0 Å². The Morgan fingerprint density at radius 3 is 2.67 bits per heavy atom. The topological polar surface area (TPSA) is 68.4 Å². The van der Waals surface area contributed by atoms with Gasteiger partial charge in [-0.25, -0.2) is 9.18 Å². The van der Waals surface area contributed by atoms with Crippen LogP contribution < -0.4 is 10.2 Å². The van der Waals surface area contributed by atoms with Gasteiger partial charge in [-0.2, -0.15) is 0 Å². The average Bonchev–Trinajstić information content (AvgIpc) is 2.39. The second-order valence-corrected chi connectivity index (χ2v) is 3.52. The molecule has 1 aromatic carbocycles. The number of aromatic nitrogens is 1. The first-order valence-corrected chi connectivity index (χ1v) is 5.06. The van der Waals surface area contributed by atoms with Crippen LogP contribution in [-0.4, -0.2) is 25.2 Å². The summed E-state index contributed by atoms with van der Waals surface area (Å²) in [6.45, 7) is 0. The van der Waals surface area contributed by atoms with Gasteiger partial charge in [0.25, 0.3) is 0 Å². The minimum Gasteiger partial charge on any atom is -0.496 e. The summed E-state index contributed by atoms with van der Waals surface area (Å²) in [6, 6.07) is 2.50. The molecule has 0 amide bonds. The Morgan fingerprint density at radius 1 is 1.33 bits per heavy atom. The highest BCUT2D eigenvalue weighted by Crippen LogP contribution is 2.23. The average molecular weight is 251 g/mol. The molecule has 0 bridgehead atoms. The van der Waals surface area contributed by atoms with E-state index in [1.165, 1.54) is 19.2 Å². The molecule has 1 heterocycles. The van der Waals surface area contributed by atoms with Crippen molar-refractivity contribution in [3.8, 4) is 5.75 Å². The Bertz CT molecular complexity index is 678. The molecule has 2 aromatic rings. The monoisotopic (exact) mass is 251 g/mol. The molecule has 0 atom stereocenters. The molecule has 1 N–H and O–H groups in total. The second kappa shape index (κ2) is 4.48. The van der Waals surface area contributed by atoms with Crippen LogP contribution in [0.25, 0.3) is 10.9 Å². The van der Waals surface area contributed by atoms with Crippen LogP contribution in [0.4, 0.5) is 4.39 Å². The Balaban J connectivity index is 2.89. The first-order chi connectivity index (χ1) is 8.60. The van der Waals surface area contributed by atoms with E-state index in [9.17, 15) is 14.0 Å². The summed E-state index contributed by atoms with van der Waals surface area (Å²) in [5.74, 6) is -1.19. The fourth-order valence-electron chi connectivity index (χ4n) is 1.70. The standard InChI is InChI=1S/C12H10FNO4/c1-17-8-4-3-7(13)10-9(8)11(15)6(5-14-10)12(16)18-2/h3-5H,1-2H3,(H,14,15). The molecule has 0 radical (unpaired) electrons. The summed E-state index contributed by atoms with van der Waals surface area (Å²) < 4.78 is 23.0. The summed E-state index contributed by atoms with van der Waals surface area (Å²) >= 11 is 0. The Kier molecular flexibility index (Phi) is 3.01. The van der Waals surface area contributed by atoms with Crippen LogP contribution in [-0.2, 0) is 4.74 Å². The van der Waals surface area contributed by atoms with Gasteiger partial charge in [0.2, 0.25) is 5.43 Å². The molecule has 94 valence electrons. The predicted octanol–water partition coefficient (Wildman–Crippen LogP) is 1.46. The summed E-state index contributed by atoms with van der Waals surface area (Å²) in [7, 11) is 2.52. The Morgan fingerprint density at radius 2 is 2.06 bits per heavy atom. The zero-order valence-corrected chi connectivity index (χ0v) is 9.74. The molecule has 18 heavy (non-hydrogen) atoms. The first kappa shape index (κ1) is 12.1. The van der Waals surface area contributed by atoms with Crippen LogP contribution >= 0.6 is 0 Å². The zero-order valence-electron chi connectivity index (χ0n) is 9.74. The molecule has 0 fully saturated rings. The summed E-state index contributed by atoms with van der Waals surface area (Å²) in [5, 5.41) is -0.0135. The molecule has 0 saturated heterocycles.